The summed E-state index contributed by atoms with van der Waals surface area (Å²) in [6, 6.07) is 17.7. The minimum absolute atomic E-state index is 0.00643. The molecule has 29 heavy (non-hydrogen) atoms. The molecule has 0 aliphatic carbocycles. The Balaban J connectivity index is 1.88. The second-order valence-corrected chi connectivity index (χ2v) is 8.10. The molecule has 0 bridgehead atoms. The van der Waals surface area contributed by atoms with Crippen molar-refractivity contribution in [2.45, 2.75) is 17.3 Å². The highest BCUT2D eigenvalue weighted by atomic mass is 32.2. The van der Waals surface area contributed by atoms with E-state index in [0.29, 0.717) is 5.16 Å². The fourth-order valence-electron chi connectivity index (χ4n) is 3.33. The molecule has 7 heteroatoms. The highest BCUT2D eigenvalue weighted by molar-refractivity contribution is 8.00. The molecule has 0 saturated carbocycles. The molecule has 0 aliphatic rings. The fraction of sp³-hybridized carbons (Fsp3) is 0.227. The van der Waals surface area contributed by atoms with Crippen molar-refractivity contribution >= 4 is 34.2 Å². The van der Waals surface area contributed by atoms with Gasteiger partial charge in [-0.25, -0.2) is 0 Å². The van der Waals surface area contributed by atoms with Crippen LogP contribution in [0.15, 0.2) is 59.8 Å². The first-order valence-electron chi connectivity index (χ1n) is 9.25. The predicted molar refractivity (Wildman–Crippen MR) is 116 cm³/mol. The van der Waals surface area contributed by atoms with Crippen LogP contribution in [0.5, 0.6) is 5.75 Å². The summed E-state index contributed by atoms with van der Waals surface area (Å²) in [4.78, 5) is 14.6. The number of rotatable bonds is 5. The minimum Gasteiger partial charge on any atom is -0.497 e. The Hall–Kier alpha value is -3.06. The van der Waals surface area contributed by atoms with Crippen molar-refractivity contribution in [1.82, 2.24) is 19.5 Å². The van der Waals surface area contributed by atoms with Crippen molar-refractivity contribution in [3.63, 3.8) is 0 Å². The Labute approximate surface area is 173 Å². The summed E-state index contributed by atoms with van der Waals surface area (Å²) in [6.45, 7) is 2.05. The SMILES string of the molecule is COc1ccc2c(C)cc3nnc(S[C@@H](C(=O)N(C)C)c4ccccc4)n3c2c1. The van der Waals surface area contributed by atoms with E-state index in [0.717, 1.165) is 33.4 Å². The van der Waals surface area contributed by atoms with Gasteiger partial charge in [-0.15, -0.1) is 10.2 Å². The second kappa shape index (κ2) is 7.75. The third-order valence-corrected chi connectivity index (χ3v) is 6.05. The van der Waals surface area contributed by atoms with E-state index >= 15 is 0 Å². The Bertz CT molecular complexity index is 1190. The zero-order valence-electron chi connectivity index (χ0n) is 16.8. The van der Waals surface area contributed by atoms with Crippen LogP contribution >= 0.6 is 11.8 Å². The molecule has 4 aromatic rings. The number of aryl methyl sites for hydroxylation is 1. The molecule has 0 N–H and O–H groups in total. The van der Waals surface area contributed by atoms with Gasteiger partial charge < -0.3 is 9.64 Å². The van der Waals surface area contributed by atoms with Gasteiger partial charge in [0.2, 0.25) is 5.91 Å². The third-order valence-electron chi connectivity index (χ3n) is 4.87. The summed E-state index contributed by atoms with van der Waals surface area (Å²) >= 11 is 1.41. The van der Waals surface area contributed by atoms with Crippen LogP contribution in [-0.4, -0.2) is 46.6 Å². The van der Waals surface area contributed by atoms with Crippen molar-refractivity contribution in [1.29, 1.82) is 0 Å². The van der Waals surface area contributed by atoms with Crippen molar-refractivity contribution < 1.29 is 9.53 Å². The lowest BCUT2D eigenvalue weighted by atomic mass is 10.1. The molecule has 0 radical (unpaired) electrons. The van der Waals surface area contributed by atoms with E-state index in [1.54, 1.807) is 26.1 Å². The summed E-state index contributed by atoms with van der Waals surface area (Å²) in [5, 5.41) is 10.1. The summed E-state index contributed by atoms with van der Waals surface area (Å²) in [7, 11) is 5.19. The lowest BCUT2D eigenvalue weighted by Gasteiger charge is -2.20. The number of benzene rings is 2. The topological polar surface area (TPSA) is 59.7 Å². The Morgan fingerprint density at radius 1 is 1.10 bits per heavy atom. The maximum Gasteiger partial charge on any atom is 0.240 e. The van der Waals surface area contributed by atoms with Crippen LogP contribution in [0.4, 0.5) is 0 Å². The standard InChI is InChI=1S/C22H22N4O2S/c1-14-12-19-23-24-22(26(19)18-13-16(28-4)10-11-17(14)18)29-20(21(27)25(2)3)15-8-6-5-7-9-15/h5-13,20H,1-4H3/t20-/m1/s1. The number of methoxy groups -OCH3 is 1. The first-order valence-corrected chi connectivity index (χ1v) is 10.1. The lowest BCUT2D eigenvalue weighted by Crippen LogP contribution is -2.26. The van der Waals surface area contributed by atoms with Gasteiger partial charge in [-0.05, 0) is 36.2 Å². The number of ether oxygens (including phenoxy) is 1. The average molecular weight is 407 g/mol. The van der Waals surface area contributed by atoms with Gasteiger partial charge in [0.15, 0.2) is 10.8 Å². The molecule has 1 atom stereocenters. The van der Waals surface area contributed by atoms with Crippen LogP contribution in [0, 0.1) is 6.92 Å². The number of likely N-dealkylation sites (N-methyl/N-ethyl adjacent to an activating group) is 1. The van der Waals surface area contributed by atoms with Crippen molar-refractivity contribution in [2.24, 2.45) is 0 Å². The van der Waals surface area contributed by atoms with Crippen LogP contribution in [0.1, 0.15) is 16.4 Å². The van der Waals surface area contributed by atoms with Gasteiger partial charge >= 0.3 is 0 Å². The van der Waals surface area contributed by atoms with Gasteiger partial charge in [-0.2, -0.15) is 0 Å². The molecular weight excluding hydrogens is 384 g/mol. The van der Waals surface area contributed by atoms with E-state index < -0.39 is 5.25 Å². The average Bonchev–Trinajstić information content (AvgIpc) is 3.14. The first kappa shape index (κ1) is 19.3. The number of carbonyl (C=O) groups excluding carboxylic acids is 1. The molecule has 0 unspecified atom stereocenters. The van der Waals surface area contributed by atoms with E-state index in [2.05, 4.69) is 17.1 Å². The second-order valence-electron chi connectivity index (χ2n) is 7.03. The lowest BCUT2D eigenvalue weighted by molar-refractivity contribution is -0.128. The molecule has 148 valence electrons. The molecule has 6 nitrogen and oxygen atoms in total. The van der Waals surface area contributed by atoms with Crippen LogP contribution < -0.4 is 4.74 Å². The maximum atomic E-state index is 13.0. The summed E-state index contributed by atoms with van der Waals surface area (Å²) in [6.07, 6.45) is 0. The monoisotopic (exact) mass is 406 g/mol. The zero-order chi connectivity index (χ0) is 20.5. The number of fused-ring (bicyclic) bond motifs is 3. The van der Waals surface area contributed by atoms with E-state index in [9.17, 15) is 4.79 Å². The van der Waals surface area contributed by atoms with Gasteiger partial charge in [-0.3, -0.25) is 9.20 Å². The van der Waals surface area contributed by atoms with Gasteiger partial charge in [0.1, 0.15) is 11.0 Å². The van der Waals surface area contributed by atoms with Gasteiger partial charge in [-0.1, -0.05) is 42.1 Å². The van der Waals surface area contributed by atoms with Crippen molar-refractivity contribution in [2.75, 3.05) is 21.2 Å². The molecule has 0 fully saturated rings. The molecule has 0 spiro atoms. The number of carbonyl (C=O) groups is 1. The van der Waals surface area contributed by atoms with E-state index in [1.807, 2.05) is 59.0 Å². The molecule has 0 aliphatic heterocycles. The van der Waals surface area contributed by atoms with Crippen LogP contribution in [-0.2, 0) is 4.79 Å². The number of amides is 1. The molecule has 4 rings (SSSR count). The summed E-state index contributed by atoms with van der Waals surface area (Å²) in [5.41, 5.74) is 3.75. The Morgan fingerprint density at radius 3 is 2.55 bits per heavy atom. The Kier molecular flexibility index (Phi) is 5.15. The molecular formula is C22H22N4O2S. The minimum atomic E-state index is -0.416. The normalized spacial score (nSPS) is 12.3. The van der Waals surface area contributed by atoms with E-state index in [1.165, 1.54) is 11.8 Å². The Morgan fingerprint density at radius 2 is 1.86 bits per heavy atom. The molecule has 2 heterocycles. The maximum absolute atomic E-state index is 13.0. The smallest absolute Gasteiger partial charge is 0.240 e. The van der Waals surface area contributed by atoms with Crippen LogP contribution in [0.3, 0.4) is 0 Å². The highest BCUT2D eigenvalue weighted by Crippen LogP contribution is 2.37. The van der Waals surface area contributed by atoms with E-state index in [4.69, 9.17) is 4.74 Å². The van der Waals surface area contributed by atoms with Crippen molar-refractivity contribution in [3.8, 4) is 5.75 Å². The van der Waals surface area contributed by atoms with Gasteiger partial charge in [0, 0.05) is 25.5 Å². The summed E-state index contributed by atoms with van der Waals surface area (Å²) < 4.78 is 7.42. The quantitative estimate of drug-likeness (QED) is 0.467. The van der Waals surface area contributed by atoms with Crippen molar-refractivity contribution in [3.05, 3.63) is 65.7 Å². The summed E-state index contributed by atoms with van der Waals surface area (Å²) in [5.74, 6) is 0.768. The number of thioether (sulfide) groups is 1. The number of aromatic nitrogens is 3. The van der Waals surface area contributed by atoms with Gasteiger partial charge in [0.25, 0.3) is 0 Å². The molecule has 0 saturated heterocycles. The molecule has 1 amide bonds. The first-order chi connectivity index (χ1) is 14.0. The number of hydrogen-bond donors (Lipinski definition) is 0. The largest absolute Gasteiger partial charge is 0.497 e. The number of hydrogen-bond acceptors (Lipinski definition) is 5. The number of pyridine rings is 1. The predicted octanol–water partition coefficient (Wildman–Crippen LogP) is 4.12. The van der Waals surface area contributed by atoms with Gasteiger partial charge in [0.05, 0.1) is 12.6 Å². The molecule has 2 aromatic carbocycles. The third kappa shape index (κ3) is 3.53. The van der Waals surface area contributed by atoms with E-state index in [-0.39, 0.29) is 5.91 Å². The molecule has 2 aromatic heterocycles. The number of nitrogens with zero attached hydrogens (tertiary/aromatic N) is 4. The van der Waals surface area contributed by atoms with Crippen LogP contribution in [0.2, 0.25) is 0 Å². The highest BCUT2D eigenvalue weighted by Gasteiger charge is 2.26. The zero-order valence-corrected chi connectivity index (χ0v) is 17.6. The fourth-order valence-corrected chi connectivity index (χ4v) is 4.54. The van der Waals surface area contributed by atoms with Crippen LogP contribution in [0.25, 0.3) is 16.6 Å².